The first-order valence-corrected chi connectivity index (χ1v) is 8.14. The summed E-state index contributed by atoms with van der Waals surface area (Å²) in [5, 5.41) is 8.60. The molecule has 0 aromatic carbocycles. The number of unbranched alkanes of at least 4 members (excludes halogenated alkanes) is 1. The van der Waals surface area contributed by atoms with Crippen molar-refractivity contribution in [2.75, 3.05) is 26.8 Å². The quantitative estimate of drug-likeness (QED) is 0.288. The Balaban J connectivity index is 0.00000242. The van der Waals surface area contributed by atoms with Crippen molar-refractivity contribution in [1.82, 2.24) is 20.0 Å². The molecule has 8 heteroatoms. The molecule has 0 amide bonds. The number of aliphatic imine (C=N–C) groups is 1. The molecule has 2 N–H and O–H groups in total. The van der Waals surface area contributed by atoms with E-state index < -0.39 is 0 Å². The average molecular weight is 437 g/mol. The fourth-order valence-electron chi connectivity index (χ4n) is 1.94. The summed E-state index contributed by atoms with van der Waals surface area (Å²) in [5.74, 6) is 0.808. The van der Waals surface area contributed by atoms with Gasteiger partial charge in [-0.1, -0.05) is 0 Å². The fraction of sp³-hybridized carbons (Fsp3) is 0.571. The summed E-state index contributed by atoms with van der Waals surface area (Å²) >= 11 is 1.64. The van der Waals surface area contributed by atoms with Gasteiger partial charge in [0.2, 0.25) is 0 Å². The minimum atomic E-state index is 0. The molecule has 0 unspecified atom stereocenters. The van der Waals surface area contributed by atoms with E-state index >= 15 is 0 Å². The topological polar surface area (TPSA) is 63.0 Å². The van der Waals surface area contributed by atoms with Crippen LogP contribution in [0, 0.1) is 0 Å². The molecule has 0 saturated carbocycles. The normalized spacial score (nSPS) is 11.5. The maximum atomic E-state index is 5.31. The molecule has 0 atom stereocenters. The zero-order valence-electron chi connectivity index (χ0n) is 13.0. The van der Waals surface area contributed by atoms with Gasteiger partial charge in [0.15, 0.2) is 10.9 Å². The Morgan fingerprint density at radius 2 is 2.27 bits per heavy atom. The molecule has 0 bridgehead atoms. The standard InChI is InChI=1S/C14H23N5OS.HI/c1-3-20-8-5-4-6-16-13(15-2)17-10-12-11-19-7-9-21-14(19)18-12;/h7,9,11H,3-6,8,10H2,1-2H3,(H2,15,16,17);1H. The van der Waals surface area contributed by atoms with Crippen molar-refractivity contribution in [3.8, 4) is 0 Å². The summed E-state index contributed by atoms with van der Waals surface area (Å²) in [6.45, 7) is 5.20. The molecule has 0 aliphatic heterocycles. The van der Waals surface area contributed by atoms with Crippen LogP contribution in [-0.2, 0) is 11.3 Å². The SMILES string of the molecule is CCOCCCCNC(=NC)NCc1cn2ccsc2n1.I. The molecule has 0 spiro atoms. The van der Waals surface area contributed by atoms with Crippen LogP contribution in [0.4, 0.5) is 0 Å². The first-order valence-electron chi connectivity index (χ1n) is 7.26. The lowest BCUT2D eigenvalue weighted by Gasteiger charge is -2.10. The minimum absolute atomic E-state index is 0. The summed E-state index contributed by atoms with van der Waals surface area (Å²) < 4.78 is 7.34. The van der Waals surface area contributed by atoms with Crippen LogP contribution in [0.2, 0.25) is 0 Å². The Bertz CT molecular complexity index is 540. The molecule has 2 rings (SSSR count). The zero-order valence-corrected chi connectivity index (χ0v) is 16.2. The van der Waals surface area contributed by atoms with Crippen molar-refractivity contribution < 1.29 is 4.74 Å². The highest BCUT2D eigenvalue weighted by atomic mass is 127. The molecular weight excluding hydrogens is 413 g/mol. The van der Waals surface area contributed by atoms with Gasteiger partial charge in [-0.05, 0) is 19.8 Å². The minimum Gasteiger partial charge on any atom is -0.382 e. The number of nitrogens with one attached hydrogen (secondary N) is 2. The molecule has 0 aliphatic carbocycles. The van der Waals surface area contributed by atoms with Crippen LogP contribution in [0.25, 0.3) is 4.96 Å². The van der Waals surface area contributed by atoms with Crippen molar-refractivity contribution in [2.45, 2.75) is 26.3 Å². The molecule has 2 aromatic rings. The van der Waals surface area contributed by atoms with Gasteiger partial charge in [-0.2, -0.15) is 0 Å². The van der Waals surface area contributed by atoms with Gasteiger partial charge in [0.05, 0.1) is 12.2 Å². The van der Waals surface area contributed by atoms with E-state index in [1.54, 1.807) is 18.4 Å². The third kappa shape index (κ3) is 6.09. The fourth-order valence-corrected chi connectivity index (χ4v) is 2.66. The van der Waals surface area contributed by atoms with Crippen LogP contribution >= 0.6 is 35.3 Å². The highest BCUT2D eigenvalue weighted by molar-refractivity contribution is 14.0. The zero-order chi connectivity index (χ0) is 14.9. The van der Waals surface area contributed by atoms with E-state index in [1.807, 2.05) is 29.1 Å². The van der Waals surface area contributed by atoms with Crippen molar-refractivity contribution in [2.24, 2.45) is 4.99 Å². The lowest BCUT2D eigenvalue weighted by atomic mass is 10.3. The van der Waals surface area contributed by atoms with Crippen molar-refractivity contribution in [1.29, 1.82) is 0 Å². The first kappa shape index (κ1) is 19.2. The first-order chi connectivity index (χ1) is 10.3. The van der Waals surface area contributed by atoms with Gasteiger partial charge in [-0.15, -0.1) is 35.3 Å². The third-order valence-corrected chi connectivity index (χ3v) is 3.79. The Morgan fingerprint density at radius 1 is 1.41 bits per heavy atom. The Kier molecular flexibility index (Phi) is 9.41. The van der Waals surface area contributed by atoms with Gasteiger partial charge in [0, 0.05) is 44.6 Å². The van der Waals surface area contributed by atoms with Crippen molar-refractivity contribution in [3.05, 3.63) is 23.5 Å². The van der Waals surface area contributed by atoms with Crippen LogP contribution in [0.5, 0.6) is 0 Å². The monoisotopic (exact) mass is 437 g/mol. The maximum absolute atomic E-state index is 5.31. The summed E-state index contributed by atoms with van der Waals surface area (Å²) in [5.41, 5.74) is 1.01. The van der Waals surface area contributed by atoms with E-state index in [4.69, 9.17) is 4.74 Å². The number of hydrogen-bond acceptors (Lipinski definition) is 4. The van der Waals surface area contributed by atoms with Crippen molar-refractivity contribution in [3.63, 3.8) is 0 Å². The number of imidazole rings is 1. The lowest BCUT2D eigenvalue weighted by molar-refractivity contribution is 0.143. The van der Waals surface area contributed by atoms with Gasteiger partial charge in [-0.3, -0.25) is 9.39 Å². The largest absolute Gasteiger partial charge is 0.382 e. The Morgan fingerprint density at radius 3 is 3.00 bits per heavy atom. The number of rotatable bonds is 8. The van der Waals surface area contributed by atoms with Crippen LogP contribution in [0.15, 0.2) is 22.8 Å². The Hall–Kier alpha value is -0.870. The van der Waals surface area contributed by atoms with Crippen molar-refractivity contribution >= 4 is 46.2 Å². The molecule has 0 radical (unpaired) electrons. The second-order valence-electron chi connectivity index (χ2n) is 4.58. The third-order valence-electron chi connectivity index (χ3n) is 3.02. The lowest BCUT2D eigenvalue weighted by Crippen LogP contribution is -2.37. The van der Waals surface area contributed by atoms with Gasteiger partial charge in [-0.25, -0.2) is 4.98 Å². The predicted octanol–water partition coefficient (Wildman–Crippen LogP) is 2.50. The molecule has 124 valence electrons. The van der Waals surface area contributed by atoms with Gasteiger partial charge >= 0.3 is 0 Å². The number of nitrogens with zero attached hydrogens (tertiary/aromatic N) is 3. The number of guanidine groups is 1. The second kappa shape index (κ2) is 10.8. The van der Waals surface area contributed by atoms with Crippen LogP contribution in [0.3, 0.4) is 0 Å². The van der Waals surface area contributed by atoms with E-state index in [-0.39, 0.29) is 24.0 Å². The van der Waals surface area contributed by atoms with Gasteiger partial charge < -0.3 is 15.4 Å². The number of ether oxygens (including phenoxy) is 1. The number of thiazole rings is 1. The summed E-state index contributed by atoms with van der Waals surface area (Å²) in [6, 6.07) is 0. The number of halogens is 1. The maximum Gasteiger partial charge on any atom is 0.193 e. The van der Waals surface area contributed by atoms with E-state index in [2.05, 4.69) is 20.6 Å². The molecule has 0 fully saturated rings. The summed E-state index contributed by atoms with van der Waals surface area (Å²) in [4.78, 5) is 9.76. The molecular formula is C14H24IN5OS. The Labute approximate surface area is 152 Å². The second-order valence-corrected chi connectivity index (χ2v) is 5.45. The molecule has 6 nitrogen and oxygen atoms in total. The molecule has 0 aliphatic rings. The summed E-state index contributed by atoms with van der Waals surface area (Å²) in [6.07, 6.45) is 6.19. The predicted molar refractivity (Wildman–Crippen MR) is 102 cm³/mol. The highest BCUT2D eigenvalue weighted by Gasteiger charge is 2.03. The molecule has 22 heavy (non-hydrogen) atoms. The smallest absolute Gasteiger partial charge is 0.193 e. The van der Waals surface area contributed by atoms with E-state index in [1.165, 1.54) is 0 Å². The molecule has 2 heterocycles. The van der Waals surface area contributed by atoms with Gasteiger partial charge in [0.1, 0.15) is 0 Å². The van der Waals surface area contributed by atoms with Crippen LogP contribution < -0.4 is 10.6 Å². The molecule has 2 aromatic heterocycles. The summed E-state index contributed by atoms with van der Waals surface area (Å²) in [7, 11) is 1.78. The average Bonchev–Trinajstić information content (AvgIpc) is 3.07. The number of fused-ring (bicyclic) bond motifs is 1. The van der Waals surface area contributed by atoms with Gasteiger partial charge in [0.25, 0.3) is 0 Å². The molecule has 0 saturated heterocycles. The highest BCUT2D eigenvalue weighted by Crippen LogP contribution is 2.10. The van der Waals surface area contributed by atoms with E-state index in [0.717, 1.165) is 49.2 Å². The van der Waals surface area contributed by atoms with E-state index in [0.29, 0.717) is 6.54 Å². The number of aromatic nitrogens is 2. The number of hydrogen-bond donors (Lipinski definition) is 2. The van der Waals surface area contributed by atoms with E-state index in [9.17, 15) is 0 Å². The van der Waals surface area contributed by atoms with Crippen LogP contribution in [0.1, 0.15) is 25.5 Å². The van der Waals surface area contributed by atoms with Crippen LogP contribution in [-0.4, -0.2) is 42.2 Å².